The van der Waals surface area contributed by atoms with Crippen LogP contribution >= 0.6 is 0 Å². The molecule has 0 amide bonds. The Hall–Kier alpha value is -2.45. The lowest BCUT2D eigenvalue weighted by molar-refractivity contribution is -0.597. The van der Waals surface area contributed by atoms with Crippen molar-refractivity contribution in [1.29, 1.82) is 0 Å². The van der Waals surface area contributed by atoms with Gasteiger partial charge in [-0.25, -0.2) is 16.8 Å². The van der Waals surface area contributed by atoms with Crippen LogP contribution in [0.15, 0.2) is 63.2 Å². The number of hydrogen-bond donors (Lipinski definition) is 0. The van der Waals surface area contributed by atoms with E-state index in [-0.39, 0.29) is 27.8 Å². The molecule has 3 aromatic rings. The van der Waals surface area contributed by atoms with Gasteiger partial charge in [0.25, 0.3) is 5.69 Å². The molecule has 166 valence electrons. The van der Waals surface area contributed by atoms with Crippen LogP contribution in [0.5, 0.6) is 0 Å². The molecule has 0 spiro atoms. The van der Waals surface area contributed by atoms with E-state index < -0.39 is 24.8 Å². The average Bonchev–Trinajstić information content (AvgIpc) is 3.11. The molecule has 31 heavy (non-hydrogen) atoms. The molecule has 0 N–H and O–H groups in total. The summed E-state index contributed by atoms with van der Waals surface area (Å²) < 4.78 is 60.5. The van der Waals surface area contributed by atoms with E-state index in [1.165, 1.54) is 0 Å². The standard InChI is InChI=1S/C23H28NO5S2/c1-5-14-30(25,26)22-20(24-12-8-7-9-13-24)21(19-11-10-17(3)16-18(19)4)29-23(22)31(27,28)15-6-2/h7-13,16H,5-6,14-15H2,1-4H3/q+1. The van der Waals surface area contributed by atoms with Crippen molar-refractivity contribution in [3.63, 3.8) is 0 Å². The molecule has 8 heteroatoms. The predicted molar refractivity (Wildman–Crippen MR) is 120 cm³/mol. The van der Waals surface area contributed by atoms with Crippen LogP contribution in [-0.4, -0.2) is 28.3 Å². The summed E-state index contributed by atoms with van der Waals surface area (Å²) in [5, 5.41) is -0.468. The molecule has 0 aliphatic rings. The van der Waals surface area contributed by atoms with Gasteiger partial charge in [-0.1, -0.05) is 43.7 Å². The molecule has 0 fully saturated rings. The second kappa shape index (κ2) is 8.96. The summed E-state index contributed by atoms with van der Waals surface area (Å²) >= 11 is 0. The first-order valence-corrected chi connectivity index (χ1v) is 13.6. The number of nitrogens with zero attached hydrogens (tertiary/aromatic N) is 1. The monoisotopic (exact) mass is 462 g/mol. The maximum absolute atomic E-state index is 13.3. The summed E-state index contributed by atoms with van der Waals surface area (Å²) in [4.78, 5) is -0.256. The molecule has 1 aromatic carbocycles. The van der Waals surface area contributed by atoms with Crippen molar-refractivity contribution in [1.82, 2.24) is 0 Å². The summed E-state index contributed by atoms with van der Waals surface area (Å²) in [5.41, 5.74) is 2.79. The van der Waals surface area contributed by atoms with Crippen molar-refractivity contribution in [2.24, 2.45) is 0 Å². The van der Waals surface area contributed by atoms with Gasteiger partial charge in [-0.2, -0.15) is 4.57 Å². The molecule has 0 saturated heterocycles. The molecule has 0 saturated carbocycles. The summed E-state index contributed by atoms with van der Waals surface area (Å²) in [7, 11) is -7.86. The molecule has 2 heterocycles. The highest BCUT2D eigenvalue weighted by atomic mass is 32.2. The minimum Gasteiger partial charge on any atom is -0.436 e. The van der Waals surface area contributed by atoms with Gasteiger partial charge in [0.1, 0.15) is 0 Å². The summed E-state index contributed by atoms with van der Waals surface area (Å²) in [5.74, 6) is -0.132. The Kier molecular flexibility index (Phi) is 6.71. The molecule has 0 atom stereocenters. The van der Waals surface area contributed by atoms with Crippen molar-refractivity contribution in [3.05, 3.63) is 59.9 Å². The van der Waals surface area contributed by atoms with Crippen molar-refractivity contribution in [2.75, 3.05) is 11.5 Å². The van der Waals surface area contributed by atoms with Gasteiger partial charge in [0.15, 0.2) is 27.1 Å². The molecule has 0 unspecified atom stereocenters. The largest absolute Gasteiger partial charge is 0.436 e. The van der Waals surface area contributed by atoms with E-state index in [0.717, 1.165) is 11.1 Å². The van der Waals surface area contributed by atoms with Crippen molar-refractivity contribution < 1.29 is 25.8 Å². The second-order valence-electron chi connectivity index (χ2n) is 7.64. The molecule has 0 aliphatic carbocycles. The van der Waals surface area contributed by atoms with Crippen LogP contribution < -0.4 is 4.57 Å². The SMILES string of the molecule is CCCS(=O)(=O)c1oc(-c2ccc(C)cc2C)c(-[n+]2ccccc2)c1S(=O)(=O)CCC. The van der Waals surface area contributed by atoms with E-state index >= 15 is 0 Å². The van der Waals surface area contributed by atoms with Gasteiger partial charge < -0.3 is 4.42 Å². The quantitative estimate of drug-likeness (QED) is 0.468. The Morgan fingerprint density at radius 1 is 0.871 bits per heavy atom. The molecule has 0 aliphatic heterocycles. The van der Waals surface area contributed by atoms with Crippen molar-refractivity contribution in [2.45, 2.75) is 50.5 Å². The maximum atomic E-state index is 13.3. The van der Waals surface area contributed by atoms with Gasteiger partial charge in [0.2, 0.25) is 20.7 Å². The number of pyridine rings is 1. The molecule has 0 radical (unpaired) electrons. The number of aryl methyl sites for hydroxylation is 2. The van der Waals surface area contributed by atoms with Gasteiger partial charge >= 0.3 is 0 Å². The lowest BCUT2D eigenvalue weighted by Crippen LogP contribution is -2.32. The lowest BCUT2D eigenvalue weighted by atomic mass is 10.0. The predicted octanol–water partition coefficient (Wildman–Crippen LogP) is 4.21. The Labute approximate surface area is 184 Å². The van der Waals surface area contributed by atoms with E-state index in [2.05, 4.69) is 0 Å². The van der Waals surface area contributed by atoms with Gasteiger partial charge in [-0.3, -0.25) is 0 Å². The highest BCUT2D eigenvalue weighted by molar-refractivity contribution is 7.94. The fraction of sp³-hybridized carbons (Fsp3) is 0.348. The topological polar surface area (TPSA) is 85.3 Å². The van der Waals surface area contributed by atoms with Crippen LogP contribution in [0.2, 0.25) is 0 Å². The van der Waals surface area contributed by atoms with Crippen molar-refractivity contribution >= 4 is 19.7 Å². The first-order chi connectivity index (χ1) is 14.6. The fourth-order valence-corrected chi connectivity index (χ4v) is 7.24. The summed E-state index contributed by atoms with van der Waals surface area (Å²) in [6, 6.07) is 11.0. The van der Waals surface area contributed by atoms with Crippen LogP contribution in [-0.2, 0) is 19.7 Å². The van der Waals surface area contributed by atoms with Crippen LogP contribution in [0.25, 0.3) is 17.0 Å². The Bertz CT molecular complexity index is 1290. The smallest absolute Gasteiger partial charge is 0.277 e. The number of rotatable bonds is 8. The highest BCUT2D eigenvalue weighted by Crippen LogP contribution is 2.39. The summed E-state index contributed by atoms with van der Waals surface area (Å²) in [6.07, 6.45) is 4.10. The van der Waals surface area contributed by atoms with Crippen LogP contribution in [0, 0.1) is 13.8 Å². The van der Waals surface area contributed by atoms with E-state index in [0.29, 0.717) is 18.4 Å². The molecule has 3 rings (SSSR count). The van der Waals surface area contributed by atoms with E-state index in [9.17, 15) is 16.8 Å². The first-order valence-electron chi connectivity index (χ1n) is 10.3. The van der Waals surface area contributed by atoms with Gasteiger partial charge in [-0.15, -0.1) is 0 Å². The van der Waals surface area contributed by atoms with E-state index in [4.69, 9.17) is 4.42 Å². The van der Waals surface area contributed by atoms with Crippen molar-refractivity contribution in [3.8, 4) is 17.0 Å². The molecular weight excluding hydrogens is 434 g/mol. The first kappa shape index (κ1) is 23.2. The number of benzene rings is 1. The molecular formula is C23H28NO5S2+. The zero-order chi connectivity index (χ0) is 22.8. The molecule has 0 bridgehead atoms. The van der Waals surface area contributed by atoms with Crippen LogP contribution in [0.4, 0.5) is 0 Å². The third-order valence-corrected chi connectivity index (χ3v) is 8.82. The van der Waals surface area contributed by atoms with Crippen LogP contribution in [0.1, 0.15) is 37.8 Å². The minimum absolute atomic E-state index is 0.173. The Morgan fingerprint density at radius 2 is 1.48 bits per heavy atom. The van der Waals surface area contributed by atoms with Gasteiger partial charge in [-0.05, 0) is 32.3 Å². The number of furan rings is 1. The zero-order valence-electron chi connectivity index (χ0n) is 18.3. The third kappa shape index (κ3) is 4.60. The minimum atomic E-state index is -3.94. The number of aromatic nitrogens is 1. The Balaban J connectivity index is 2.51. The third-order valence-electron chi connectivity index (χ3n) is 4.95. The van der Waals surface area contributed by atoms with Gasteiger partial charge in [0.05, 0.1) is 11.5 Å². The van der Waals surface area contributed by atoms with Crippen LogP contribution in [0.3, 0.4) is 0 Å². The van der Waals surface area contributed by atoms with E-state index in [1.807, 2.05) is 38.1 Å². The maximum Gasteiger partial charge on any atom is 0.277 e. The average molecular weight is 463 g/mol. The second-order valence-corrected chi connectivity index (χ2v) is 11.7. The molecule has 6 nitrogen and oxygen atoms in total. The summed E-state index contributed by atoms with van der Waals surface area (Å²) in [6.45, 7) is 7.33. The van der Waals surface area contributed by atoms with E-state index in [1.54, 1.807) is 42.9 Å². The number of sulfone groups is 2. The number of hydrogen-bond acceptors (Lipinski definition) is 5. The fourth-order valence-electron chi connectivity index (χ4n) is 3.63. The highest BCUT2D eigenvalue weighted by Gasteiger charge is 2.41. The lowest BCUT2D eigenvalue weighted by Gasteiger charge is -2.06. The molecule has 2 aromatic heterocycles. The normalized spacial score (nSPS) is 12.3. The van der Waals surface area contributed by atoms with Gasteiger partial charge in [0, 0.05) is 17.7 Å². The Morgan fingerprint density at radius 3 is 2.06 bits per heavy atom. The zero-order valence-corrected chi connectivity index (χ0v) is 19.9.